The second-order valence-electron chi connectivity index (χ2n) is 17.6. The molecule has 4 aromatic rings. The molecule has 3 N–H and O–H groups in total. The molecule has 0 bridgehead atoms. The lowest BCUT2D eigenvalue weighted by molar-refractivity contribution is -0.142. The monoisotopic (exact) mass is 880 g/mol. The number of benzene rings is 2. The van der Waals surface area contributed by atoms with Crippen LogP contribution in [0.25, 0.3) is 33.5 Å². The van der Waals surface area contributed by atoms with E-state index in [0.29, 0.717) is 49.5 Å². The summed E-state index contributed by atoms with van der Waals surface area (Å²) in [5, 5.41) is 15.5. The molecule has 2 aromatic heterocycles. The van der Waals surface area contributed by atoms with Gasteiger partial charge in [-0.05, 0) is 97.7 Å². The predicted octanol–water partition coefficient (Wildman–Crippen LogP) is 5.44. The highest BCUT2D eigenvalue weighted by Crippen LogP contribution is 2.36. The number of hydrogen-bond donors (Lipinski definition) is 3. The minimum atomic E-state index is -0.973. The average molecular weight is 881 g/mol. The van der Waals surface area contributed by atoms with E-state index in [1.165, 1.54) is 11.0 Å². The SMILES string of the molecule is C=CC(=O)N1CCCC1.COC(C)c1ncccc1-c1nc2ccc(-c3cc(O)cc(CC(NC(=O)C(C(C)C)N(C)C=O)C(=O)N4CCCCN4)c3)cc2n1CC(C)(C)COC=O. The first kappa shape index (κ1) is 48.9. The second-order valence-corrected chi connectivity index (χ2v) is 17.6. The first-order chi connectivity index (χ1) is 30.6. The number of phenols is 1. The zero-order valence-corrected chi connectivity index (χ0v) is 38.2. The Morgan fingerprint density at radius 3 is 2.39 bits per heavy atom. The number of ether oxygens (including phenoxy) is 2. The number of hydrogen-bond acceptors (Lipinski definition) is 11. The van der Waals surface area contributed by atoms with Crippen LogP contribution in [0.5, 0.6) is 5.75 Å². The molecule has 2 aliphatic rings. The van der Waals surface area contributed by atoms with Gasteiger partial charge in [-0.1, -0.05) is 46.4 Å². The number of aromatic nitrogens is 3. The molecule has 0 radical (unpaired) electrons. The third-order valence-corrected chi connectivity index (χ3v) is 11.5. The van der Waals surface area contributed by atoms with Crippen molar-refractivity contribution in [1.29, 1.82) is 0 Å². The topological polar surface area (TPSA) is 189 Å². The van der Waals surface area contributed by atoms with Gasteiger partial charge in [-0.25, -0.2) is 10.4 Å². The minimum Gasteiger partial charge on any atom is -0.508 e. The van der Waals surface area contributed by atoms with Crippen LogP contribution < -0.4 is 10.7 Å². The van der Waals surface area contributed by atoms with Crippen LogP contribution in [0, 0.1) is 11.3 Å². The Balaban J connectivity index is 0.000000762. The molecule has 0 aliphatic carbocycles. The van der Waals surface area contributed by atoms with Gasteiger partial charge >= 0.3 is 0 Å². The number of likely N-dealkylation sites (tertiary alicyclic amines) is 1. The summed E-state index contributed by atoms with van der Waals surface area (Å²) in [5.74, 6) is -0.187. The fourth-order valence-corrected chi connectivity index (χ4v) is 8.25. The fraction of sp³-hybridized carbons (Fsp3) is 0.479. The molecule has 16 heteroatoms. The van der Waals surface area contributed by atoms with E-state index in [4.69, 9.17) is 14.5 Å². The number of likely N-dealkylation sites (N-methyl/N-ethyl adjacent to an activating group) is 1. The molecule has 3 unspecified atom stereocenters. The predicted molar refractivity (Wildman–Crippen MR) is 244 cm³/mol. The summed E-state index contributed by atoms with van der Waals surface area (Å²) in [5.41, 5.74) is 7.86. The van der Waals surface area contributed by atoms with Crippen LogP contribution in [0.4, 0.5) is 0 Å². The van der Waals surface area contributed by atoms with Gasteiger partial charge < -0.3 is 34.3 Å². The number of methoxy groups -OCH3 is 1. The lowest BCUT2D eigenvalue weighted by Crippen LogP contribution is -2.58. The third kappa shape index (κ3) is 12.3. The maximum Gasteiger partial charge on any atom is 0.293 e. The Bertz CT molecular complexity index is 2260. The first-order valence-corrected chi connectivity index (χ1v) is 21.9. The van der Waals surface area contributed by atoms with Gasteiger partial charge in [0.05, 0.1) is 29.4 Å². The summed E-state index contributed by atoms with van der Waals surface area (Å²) in [6, 6.07) is 13.1. The standard InChI is InChI=1S/C41H53N7O7.C7H11NO/c1-26(2)37(46(6)24-49)39(52)45-34(40(53)48-16-9-8-15-43-48)19-28-17-30(20-31(51)18-28)29-12-13-33-35(21-29)47(22-41(4,5)23-55-25-50)38(44-33)32-11-10-14-42-36(32)27(3)54-7;1-2-7(9)8-5-3-4-6-8/h10-14,17-18,20-21,24-27,34,37,43,51H,8-9,15-16,19,22-23H2,1-7H3,(H,45,52);2H,1,3-6H2. The number of rotatable bonds is 18. The molecular formula is C48H64N8O8. The number of imidazole rings is 1. The number of nitrogens with one attached hydrogen (secondary N) is 2. The smallest absolute Gasteiger partial charge is 0.293 e. The number of pyridine rings is 1. The summed E-state index contributed by atoms with van der Waals surface area (Å²) in [6.45, 7) is 17.1. The number of aromatic hydroxyl groups is 1. The van der Waals surface area contributed by atoms with E-state index < -0.39 is 23.4 Å². The van der Waals surface area contributed by atoms with Crippen molar-refractivity contribution in [3.63, 3.8) is 0 Å². The van der Waals surface area contributed by atoms with Gasteiger partial charge in [0.2, 0.25) is 18.2 Å². The van der Waals surface area contributed by atoms with Crippen LogP contribution in [-0.2, 0) is 46.4 Å². The molecule has 64 heavy (non-hydrogen) atoms. The molecule has 0 saturated carbocycles. The fourth-order valence-electron chi connectivity index (χ4n) is 8.25. The van der Waals surface area contributed by atoms with Crippen molar-refractivity contribution < 1.29 is 38.6 Å². The van der Waals surface area contributed by atoms with E-state index in [1.807, 2.05) is 75.9 Å². The van der Waals surface area contributed by atoms with Crippen molar-refractivity contribution in [3.05, 3.63) is 78.6 Å². The van der Waals surface area contributed by atoms with E-state index in [0.717, 1.165) is 66.6 Å². The van der Waals surface area contributed by atoms with Crippen molar-refractivity contribution in [2.45, 2.75) is 91.5 Å². The molecular weight excluding hydrogens is 817 g/mol. The van der Waals surface area contributed by atoms with Gasteiger partial charge in [-0.15, -0.1) is 0 Å². The van der Waals surface area contributed by atoms with E-state index in [1.54, 1.807) is 37.5 Å². The number of hydrazine groups is 1. The Labute approximate surface area is 376 Å². The number of phenolic OH excluding ortho intramolecular Hbond substituents is 1. The quantitative estimate of drug-likeness (QED) is 0.0853. The van der Waals surface area contributed by atoms with Crippen molar-refractivity contribution in [3.8, 4) is 28.3 Å². The van der Waals surface area contributed by atoms with Gasteiger partial charge in [0.15, 0.2) is 0 Å². The number of carbonyl (C=O) groups is 5. The second kappa shape index (κ2) is 22.5. The highest BCUT2D eigenvalue weighted by atomic mass is 16.5. The van der Waals surface area contributed by atoms with Gasteiger partial charge in [-0.2, -0.15) is 0 Å². The summed E-state index contributed by atoms with van der Waals surface area (Å²) in [7, 11) is 3.18. The van der Waals surface area contributed by atoms with Gasteiger partial charge in [0.1, 0.15) is 23.7 Å². The summed E-state index contributed by atoms with van der Waals surface area (Å²) >= 11 is 0. The normalized spacial score (nSPS) is 15.4. The molecule has 4 heterocycles. The van der Waals surface area contributed by atoms with Crippen LogP contribution in [0.2, 0.25) is 0 Å². The largest absolute Gasteiger partial charge is 0.508 e. The zero-order valence-electron chi connectivity index (χ0n) is 38.2. The Morgan fingerprint density at radius 1 is 1.02 bits per heavy atom. The maximum absolute atomic E-state index is 13.9. The van der Waals surface area contributed by atoms with Crippen molar-refractivity contribution in [2.24, 2.45) is 11.3 Å². The maximum atomic E-state index is 13.9. The Morgan fingerprint density at radius 2 is 1.75 bits per heavy atom. The average Bonchev–Trinajstić information content (AvgIpc) is 3.96. The Hall–Kier alpha value is -6.13. The molecule has 6 rings (SSSR count). The number of carbonyl (C=O) groups excluding carboxylic acids is 5. The molecule has 2 saturated heterocycles. The van der Waals surface area contributed by atoms with Crippen LogP contribution in [-0.4, -0.2) is 124 Å². The number of nitrogens with zero attached hydrogens (tertiary/aromatic N) is 6. The summed E-state index contributed by atoms with van der Waals surface area (Å²) < 4.78 is 13.0. The Kier molecular flexibility index (Phi) is 17.2. The van der Waals surface area contributed by atoms with E-state index >= 15 is 0 Å². The van der Waals surface area contributed by atoms with E-state index in [-0.39, 0.29) is 42.6 Å². The van der Waals surface area contributed by atoms with Crippen molar-refractivity contribution in [2.75, 3.05) is 46.9 Å². The lowest BCUT2D eigenvalue weighted by atomic mass is 9.94. The first-order valence-electron chi connectivity index (χ1n) is 21.9. The zero-order chi connectivity index (χ0) is 46.6. The highest BCUT2D eigenvalue weighted by Gasteiger charge is 2.33. The minimum absolute atomic E-state index is 0.00291. The molecule has 2 aliphatic heterocycles. The van der Waals surface area contributed by atoms with Gasteiger partial charge in [0.25, 0.3) is 12.4 Å². The van der Waals surface area contributed by atoms with Crippen LogP contribution in [0.3, 0.4) is 0 Å². The third-order valence-electron chi connectivity index (χ3n) is 11.5. The molecule has 344 valence electrons. The lowest BCUT2D eigenvalue weighted by Gasteiger charge is -2.33. The molecule has 2 aromatic carbocycles. The van der Waals surface area contributed by atoms with Crippen LogP contribution >= 0.6 is 0 Å². The van der Waals surface area contributed by atoms with E-state index in [2.05, 4.69) is 26.9 Å². The van der Waals surface area contributed by atoms with E-state index in [9.17, 15) is 29.1 Å². The number of fused-ring (bicyclic) bond motifs is 1. The molecule has 4 amide bonds. The van der Waals surface area contributed by atoms with Crippen LogP contribution in [0.1, 0.15) is 77.7 Å². The molecule has 0 spiro atoms. The molecule has 16 nitrogen and oxygen atoms in total. The van der Waals surface area contributed by atoms with Gasteiger partial charge in [0, 0.05) is 70.5 Å². The highest BCUT2D eigenvalue weighted by molar-refractivity contribution is 5.91. The van der Waals surface area contributed by atoms with Crippen molar-refractivity contribution >= 4 is 41.6 Å². The molecule has 3 atom stereocenters. The van der Waals surface area contributed by atoms with Gasteiger partial charge in [-0.3, -0.25) is 34.0 Å². The number of amides is 4. The summed E-state index contributed by atoms with van der Waals surface area (Å²) in [4.78, 5) is 74.0. The summed E-state index contributed by atoms with van der Waals surface area (Å²) in [6.07, 6.45) is 7.57. The molecule has 2 fully saturated rings. The van der Waals surface area contributed by atoms with Crippen LogP contribution in [0.15, 0.2) is 67.4 Å². The van der Waals surface area contributed by atoms with Crippen molar-refractivity contribution in [1.82, 2.24) is 40.1 Å².